The number of piperidine rings is 1. The lowest BCUT2D eigenvalue weighted by Gasteiger charge is -2.31. The summed E-state index contributed by atoms with van der Waals surface area (Å²) in [7, 11) is 0. The summed E-state index contributed by atoms with van der Waals surface area (Å²) in [4.78, 5) is 27.7. The molecule has 136 valence electrons. The first kappa shape index (κ1) is 18.1. The molecule has 0 spiro atoms. The van der Waals surface area contributed by atoms with Crippen molar-refractivity contribution < 1.29 is 9.59 Å². The van der Waals surface area contributed by atoms with Crippen LogP contribution in [0, 0.1) is 0 Å². The van der Waals surface area contributed by atoms with E-state index in [2.05, 4.69) is 5.32 Å². The van der Waals surface area contributed by atoms with Gasteiger partial charge in [-0.1, -0.05) is 42.5 Å². The standard InChI is InChI=1S/C21H25N3O2/c22-15-16-8-7-11-18(14-16)20(25)23-19(17-9-3-1-4-10-17)21(26)24-12-5-2-6-13-24/h1,3-4,7-11,14,19H,2,5-6,12-13,15,22H2,(H,23,25)/t19-/m1/s1. The van der Waals surface area contributed by atoms with Crippen molar-refractivity contribution in [3.63, 3.8) is 0 Å². The molecule has 2 amide bonds. The molecule has 1 aliphatic rings. The fourth-order valence-electron chi connectivity index (χ4n) is 3.28. The zero-order chi connectivity index (χ0) is 18.4. The van der Waals surface area contributed by atoms with Crippen LogP contribution in [0.25, 0.3) is 0 Å². The molecule has 0 radical (unpaired) electrons. The van der Waals surface area contributed by atoms with E-state index in [0.29, 0.717) is 12.1 Å². The molecule has 2 aromatic rings. The molecule has 0 aromatic heterocycles. The van der Waals surface area contributed by atoms with Gasteiger partial charge in [0.2, 0.25) is 5.91 Å². The van der Waals surface area contributed by atoms with E-state index in [0.717, 1.165) is 43.5 Å². The molecule has 5 nitrogen and oxygen atoms in total. The van der Waals surface area contributed by atoms with Gasteiger partial charge in [-0.25, -0.2) is 0 Å². The molecule has 1 fully saturated rings. The predicted octanol–water partition coefficient (Wildman–Crippen LogP) is 2.63. The Kier molecular flexibility index (Phi) is 6.02. The number of carbonyl (C=O) groups is 2. The molecule has 3 rings (SSSR count). The third kappa shape index (κ3) is 4.29. The zero-order valence-corrected chi connectivity index (χ0v) is 14.9. The zero-order valence-electron chi connectivity index (χ0n) is 14.9. The number of likely N-dealkylation sites (tertiary alicyclic amines) is 1. The first-order valence-corrected chi connectivity index (χ1v) is 9.12. The molecule has 26 heavy (non-hydrogen) atoms. The second-order valence-electron chi connectivity index (χ2n) is 6.61. The van der Waals surface area contributed by atoms with Crippen molar-refractivity contribution in [2.45, 2.75) is 31.8 Å². The van der Waals surface area contributed by atoms with Crippen LogP contribution < -0.4 is 11.1 Å². The van der Waals surface area contributed by atoms with E-state index in [-0.39, 0.29) is 11.8 Å². The van der Waals surface area contributed by atoms with Crippen molar-refractivity contribution in [2.24, 2.45) is 5.73 Å². The van der Waals surface area contributed by atoms with Crippen LogP contribution in [-0.4, -0.2) is 29.8 Å². The lowest BCUT2D eigenvalue weighted by Crippen LogP contribution is -2.45. The van der Waals surface area contributed by atoms with Crippen LogP contribution in [0.15, 0.2) is 54.6 Å². The Morgan fingerprint density at radius 3 is 2.42 bits per heavy atom. The maximum Gasteiger partial charge on any atom is 0.252 e. The molecule has 5 heteroatoms. The summed E-state index contributed by atoms with van der Waals surface area (Å²) >= 11 is 0. The number of hydrogen-bond acceptors (Lipinski definition) is 3. The van der Waals surface area contributed by atoms with Gasteiger partial charge in [-0.2, -0.15) is 0 Å². The quantitative estimate of drug-likeness (QED) is 0.869. The third-order valence-corrected chi connectivity index (χ3v) is 4.75. The van der Waals surface area contributed by atoms with Gasteiger partial charge in [0.15, 0.2) is 0 Å². The van der Waals surface area contributed by atoms with Gasteiger partial charge in [0.05, 0.1) is 0 Å². The van der Waals surface area contributed by atoms with Crippen molar-refractivity contribution in [1.82, 2.24) is 10.2 Å². The van der Waals surface area contributed by atoms with Crippen LogP contribution in [0.5, 0.6) is 0 Å². The summed E-state index contributed by atoms with van der Waals surface area (Å²) in [5.74, 6) is -0.307. The molecular formula is C21H25N3O2. The van der Waals surface area contributed by atoms with Crippen molar-refractivity contribution in [3.8, 4) is 0 Å². The van der Waals surface area contributed by atoms with E-state index in [1.807, 2.05) is 41.3 Å². The van der Waals surface area contributed by atoms with E-state index in [1.165, 1.54) is 0 Å². The minimum atomic E-state index is -0.677. The Morgan fingerprint density at radius 1 is 1.00 bits per heavy atom. The van der Waals surface area contributed by atoms with E-state index >= 15 is 0 Å². The van der Waals surface area contributed by atoms with Gasteiger partial charge in [-0.05, 0) is 42.5 Å². The molecule has 3 N–H and O–H groups in total. The van der Waals surface area contributed by atoms with Gasteiger partial charge in [0.1, 0.15) is 6.04 Å². The fourth-order valence-corrected chi connectivity index (χ4v) is 3.28. The number of nitrogens with zero attached hydrogens (tertiary/aromatic N) is 1. The summed E-state index contributed by atoms with van der Waals surface area (Å²) in [6, 6.07) is 15.9. The molecule has 0 aliphatic carbocycles. The van der Waals surface area contributed by atoms with Crippen molar-refractivity contribution in [1.29, 1.82) is 0 Å². The number of amides is 2. The molecule has 0 saturated carbocycles. The average molecular weight is 351 g/mol. The van der Waals surface area contributed by atoms with Crippen LogP contribution in [-0.2, 0) is 11.3 Å². The number of nitrogens with one attached hydrogen (secondary N) is 1. The number of nitrogens with two attached hydrogens (primary N) is 1. The highest BCUT2D eigenvalue weighted by Crippen LogP contribution is 2.20. The van der Waals surface area contributed by atoms with E-state index < -0.39 is 6.04 Å². The van der Waals surface area contributed by atoms with Crippen LogP contribution in [0.4, 0.5) is 0 Å². The summed E-state index contributed by atoms with van der Waals surface area (Å²) < 4.78 is 0. The normalized spacial score (nSPS) is 15.3. The second kappa shape index (κ2) is 8.63. The number of hydrogen-bond donors (Lipinski definition) is 2. The maximum atomic E-state index is 13.1. The monoisotopic (exact) mass is 351 g/mol. The minimum Gasteiger partial charge on any atom is -0.341 e. The lowest BCUT2D eigenvalue weighted by molar-refractivity contribution is -0.134. The Balaban J connectivity index is 1.83. The summed E-state index contributed by atoms with van der Waals surface area (Å²) in [5, 5.41) is 2.93. The van der Waals surface area contributed by atoms with E-state index in [4.69, 9.17) is 5.73 Å². The molecule has 1 heterocycles. The van der Waals surface area contributed by atoms with Crippen LogP contribution in [0.3, 0.4) is 0 Å². The number of rotatable bonds is 5. The van der Waals surface area contributed by atoms with Gasteiger partial charge in [0, 0.05) is 25.2 Å². The Morgan fingerprint density at radius 2 is 1.73 bits per heavy atom. The average Bonchev–Trinajstić information content (AvgIpc) is 2.72. The highest BCUT2D eigenvalue weighted by molar-refractivity contribution is 5.98. The molecule has 1 atom stereocenters. The largest absolute Gasteiger partial charge is 0.341 e. The Hall–Kier alpha value is -2.66. The van der Waals surface area contributed by atoms with E-state index in [1.54, 1.807) is 18.2 Å². The molecule has 1 aliphatic heterocycles. The first-order valence-electron chi connectivity index (χ1n) is 9.12. The van der Waals surface area contributed by atoms with Crippen LogP contribution >= 0.6 is 0 Å². The molecule has 0 unspecified atom stereocenters. The van der Waals surface area contributed by atoms with Crippen LogP contribution in [0.1, 0.15) is 46.8 Å². The fraction of sp³-hybridized carbons (Fsp3) is 0.333. The number of benzene rings is 2. The van der Waals surface area contributed by atoms with Crippen molar-refractivity contribution >= 4 is 11.8 Å². The molecule has 0 bridgehead atoms. The topological polar surface area (TPSA) is 75.4 Å². The lowest BCUT2D eigenvalue weighted by atomic mass is 10.0. The van der Waals surface area contributed by atoms with Gasteiger partial charge in [0.25, 0.3) is 5.91 Å². The molecular weight excluding hydrogens is 326 g/mol. The summed E-state index contributed by atoms with van der Waals surface area (Å²) in [6.07, 6.45) is 3.18. The third-order valence-electron chi connectivity index (χ3n) is 4.75. The summed E-state index contributed by atoms with van der Waals surface area (Å²) in [5.41, 5.74) is 7.86. The summed E-state index contributed by atoms with van der Waals surface area (Å²) in [6.45, 7) is 1.87. The van der Waals surface area contributed by atoms with Gasteiger partial charge in [-0.15, -0.1) is 0 Å². The van der Waals surface area contributed by atoms with E-state index in [9.17, 15) is 9.59 Å². The maximum absolute atomic E-state index is 13.1. The smallest absolute Gasteiger partial charge is 0.252 e. The number of carbonyl (C=O) groups excluding carboxylic acids is 2. The van der Waals surface area contributed by atoms with Gasteiger partial charge >= 0.3 is 0 Å². The molecule has 1 saturated heterocycles. The van der Waals surface area contributed by atoms with Crippen molar-refractivity contribution in [3.05, 3.63) is 71.3 Å². The predicted molar refractivity (Wildman–Crippen MR) is 101 cm³/mol. The van der Waals surface area contributed by atoms with Gasteiger partial charge in [-0.3, -0.25) is 9.59 Å². The first-order chi connectivity index (χ1) is 12.7. The molecule has 2 aromatic carbocycles. The van der Waals surface area contributed by atoms with Crippen LogP contribution in [0.2, 0.25) is 0 Å². The Bertz CT molecular complexity index is 755. The Labute approximate surface area is 154 Å². The minimum absolute atomic E-state index is 0.0424. The van der Waals surface area contributed by atoms with Gasteiger partial charge < -0.3 is 16.0 Å². The highest BCUT2D eigenvalue weighted by Gasteiger charge is 2.28. The van der Waals surface area contributed by atoms with Crippen molar-refractivity contribution in [2.75, 3.05) is 13.1 Å². The highest BCUT2D eigenvalue weighted by atomic mass is 16.2. The second-order valence-corrected chi connectivity index (χ2v) is 6.61. The SMILES string of the molecule is NCc1cccc(C(=O)N[C@@H](C(=O)N2CCCCC2)c2ccccc2)c1.